The largest absolute Gasteiger partial charge is 0.396 e. The van der Waals surface area contributed by atoms with Crippen molar-refractivity contribution in [3.05, 3.63) is 30.1 Å². The third kappa shape index (κ3) is 3.03. The highest BCUT2D eigenvalue weighted by atomic mass is 16.3. The van der Waals surface area contributed by atoms with Crippen molar-refractivity contribution in [3.8, 4) is 0 Å². The second-order valence-corrected chi connectivity index (χ2v) is 4.56. The second kappa shape index (κ2) is 5.77. The lowest BCUT2D eigenvalue weighted by molar-refractivity contribution is 0.0933. The highest BCUT2D eigenvalue weighted by Gasteiger charge is 2.26. The minimum atomic E-state index is -0.130. The van der Waals surface area contributed by atoms with Gasteiger partial charge in [0.1, 0.15) is 5.69 Å². The molecule has 1 amide bonds. The van der Waals surface area contributed by atoms with Gasteiger partial charge in [0.2, 0.25) is 0 Å². The number of hydrogen-bond acceptors (Lipinski definition) is 3. The highest BCUT2D eigenvalue weighted by molar-refractivity contribution is 5.92. The molecule has 2 N–H and O–H groups in total. The van der Waals surface area contributed by atoms with E-state index < -0.39 is 0 Å². The lowest BCUT2D eigenvalue weighted by Crippen LogP contribution is -2.32. The Kier molecular flexibility index (Phi) is 4.09. The molecule has 2 atom stereocenters. The molecule has 92 valence electrons. The third-order valence-corrected chi connectivity index (χ3v) is 3.47. The number of carbonyl (C=O) groups excluding carboxylic acids is 1. The Hall–Kier alpha value is -1.42. The van der Waals surface area contributed by atoms with E-state index in [0.29, 0.717) is 24.1 Å². The van der Waals surface area contributed by atoms with Gasteiger partial charge in [0.15, 0.2) is 0 Å². The van der Waals surface area contributed by atoms with E-state index in [4.69, 9.17) is 0 Å². The molecule has 1 aromatic rings. The van der Waals surface area contributed by atoms with E-state index in [1.807, 2.05) is 0 Å². The molecule has 1 aliphatic carbocycles. The molecule has 0 spiro atoms. The van der Waals surface area contributed by atoms with Crippen LogP contribution in [-0.4, -0.2) is 29.1 Å². The van der Waals surface area contributed by atoms with Crippen molar-refractivity contribution >= 4 is 5.91 Å². The number of aliphatic hydroxyl groups is 1. The van der Waals surface area contributed by atoms with Gasteiger partial charge in [-0.2, -0.15) is 0 Å². The first-order valence-corrected chi connectivity index (χ1v) is 6.11. The lowest BCUT2D eigenvalue weighted by atomic mass is 9.97. The molecule has 0 saturated heterocycles. The van der Waals surface area contributed by atoms with Crippen molar-refractivity contribution < 1.29 is 9.90 Å². The fourth-order valence-electron chi connectivity index (χ4n) is 2.43. The molecule has 1 fully saturated rings. The van der Waals surface area contributed by atoms with Crippen LogP contribution >= 0.6 is 0 Å². The summed E-state index contributed by atoms with van der Waals surface area (Å²) in [5.74, 6) is 0.626. The number of pyridine rings is 1. The van der Waals surface area contributed by atoms with Gasteiger partial charge >= 0.3 is 0 Å². The quantitative estimate of drug-likeness (QED) is 0.823. The molecule has 2 rings (SSSR count). The van der Waals surface area contributed by atoms with Gasteiger partial charge in [-0.3, -0.25) is 9.78 Å². The Balaban J connectivity index is 1.84. The van der Waals surface area contributed by atoms with Gasteiger partial charge in [-0.25, -0.2) is 0 Å². The molecule has 1 aromatic heterocycles. The zero-order chi connectivity index (χ0) is 12.1. The molecule has 1 heterocycles. The van der Waals surface area contributed by atoms with E-state index >= 15 is 0 Å². The summed E-state index contributed by atoms with van der Waals surface area (Å²) in [5.41, 5.74) is 0.450. The average molecular weight is 234 g/mol. The molecule has 0 aliphatic heterocycles. The highest BCUT2D eigenvalue weighted by Crippen LogP contribution is 2.30. The topological polar surface area (TPSA) is 62.2 Å². The predicted octanol–water partition coefficient (Wildman–Crippen LogP) is 1.22. The Morgan fingerprint density at radius 1 is 1.41 bits per heavy atom. The van der Waals surface area contributed by atoms with E-state index in [2.05, 4.69) is 10.3 Å². The van der Waals surface area contributed by atoms with E-state index in [9.17, 15) is 9.90 Å². The molecule has 2 unspecified atom stereocenters. The molecule has 1 saturated carbocycles. The van der Waals surface area contributed by atoms with Crippen LogP contribution in [0.3, 0.4) is 0 Å². The van der Waals surface area contributed by atoms with E-state index in [-0.39, 0.29) is 12.5 Å². The zero-order valence-electron chi connectivity index (χ0n) is 9.80. The molecular weight excluding hydrogens is 216 g/mol. The number of rotatable bonds is 4. The molecule has 0 aromatic carbocycles. The summed E-state index contributed by atoms with van der Waals surface area (Å²) in [6.07, 6.45) is 4.92. The van der Waals surface area contributed by atoms with E-state index in [0.717, 1.165) is 19.3 Å². The number of nitrogens with zero attached hydrogens (tertiary/aromatic N) is 1. The monoisotopic (exact) mass is 234 g/mol. The summed E-state index contributed by atoms with van der Waals surface area (Å²) in [6.45, 7) is 0.866. The zero-order valence-corrected chi connectivity index (χ0v) is 9.80. The normalized spacial score (nSPS) is 23.6. The summed E-state index contributed by atoms with van der Waals surface area (Å²) in [6, 6.07) is 5.29. The maximum absolute atomic E-state index is 11.8. The van der Waals surface area contributed by atoms with Gasteiger partial charge in [0.25, 0.3) is 5.91 Å². The smallest absolute Gasteiger partial charge is 0.269 e. The summed E-state index contributed by atoms with van der Waals surface area (Å²) in [7, 11) is 0. The van der Waals surface area contributed by atoms with Crippen molar-refractivity contribution in [1.29, 1.82) is 0 Å². The van der Waals surface area contributed by atoms with Gasteiger partial charge in [-0.15, -0.1) is 0 Å². The van der Waals surface area contributed by atoms with Crippen LogP contribution in [0.2, 0.25) is 0 Å². The van der Waals surface area contributed by atoms with Gasteiger partial charge in [0, 0.05) is 19.3 Å². The minimum Gasteiger partial charge on any atom is -0.396 e. The molecule has 0 radical (unpaired) electrons. The first kappa shape index (κ1) is 12.0. The van der Waals surface area contributed by atoms with Crippen molar-refractivity contribution in [1.82, 2.24) is 10.3 Å². The molecule has 0 bridgehead atoms. The molecule has 17 heavy (non-hydrogen) atoms. The van der Waals surface area contributed by atoms with Crippen LogP contribution in [0.5, 0.6) is 0 Å². The van der Waals surface area contributed by atoms with Gasteiger partial charge in [0.05, 0.1) is 0 Å². The van der Waals surface area contributed by atoms with Crippen LogP contribution in [0, 0.1) is 11.8 Å². The maximum Gasteiger partial charge on any atom is 0.269 e. The van der Waals surface area contributed by atoms with Crippen molar-refractivity contribution in [2.45, 2.75) is 19.3 Å². The number of hydrogen-bond donors (Lipinski definition) is 2. The SMILES string of the molecule is O=C(NCC1CCCC1CO)c1ccccn1. The van der Waals surface area contributed by atoms with Gasteiger partial charge < -0.3 is 10.4 Å². The summed E-state index contributed by atoms with van der Waals surface area (Å²) in [5, 5.41) is 12.1. The number of aliphatic hydroxyl groups excluding tert-OH is 1. The van der Waals surface area contributed by atoms with Gasteiger partial charge in [-0.1, -0.05) is 12.5 Å². The van der Waals surface area contributed by atoms with Crippen LogP contribution in [-0.2, 0) is 0 Å². The number of carbonyl (C=O) groups is 1. The third-order valence-electron chi connectivity index (χ3n) is 3.47. The van der Waals surface area contributed by atoms with Crippen LogP contribution in [0.1, 0.15) is 29.8 Å². The predicted molar refractivity (Wildman–Crippen MR) is 64.5 cm³/mol. The molecular formula is C13H18N2O2. The number of aromatic nitrogens is 1. The van der Waals surface area contributed by atoms with Gasteiger partial charge in [-0.05, 0) is 36.8 Å². The fraction of sp³-hybridized carbons (Fsp3) is 0.538. The Morgan fingerprint density at radius 3 is 2.94 bits per heavy atom. The standard InChI is InChI=1S/C13H18N2O2/c16-9-11-5-3-4-10(11)8-15-13(17)12-6-1-2-7-14-12/h1-2,6-7,10-11,16H,3-5,8-9H2,(H,15,17). The average Bonchev–Trinajstić information content (AvgIpc) is 2.84. The second-order valence-electron chi connectivity index (χ2n) is 4.56. The lowest BCUT2D eigenvalue weighted by Gasteiger charge is -2.17. The van der Waals surface area contributed by atoms with Crippen LogP contribution in [0.4, 0.5) is 0 Å². The first-order chi connectivity index (χ1) is 8.31. The fourth-order valence-corrected chi connectivity index (χ4v) is 2.43. The summed E-state index contributed by atoms with van der Waals surface area (Å²) in [4.78, 5) is 15.8. The number of amides is 1. The Labute approximate surface area is 101 Å². The molecule has 4 heteroatoms. The van der Waals surface area contributed by atoms with Crippen LogP contribution in [0.15, 0.2) is 24.4 Å². The molecule has 1 aliphatic rings. The Morgan fingerprint density at radius 2 is 2.24 bits per heavy atom. The maximum atomic E-state index is 11.8. The van der Waals surface area contributed by atoms with Crippen LogP contribution < -0.4 is 5.32 Å². The van der Waals surface area contributed by atoms with E-state index in [1.54, 1.807) is 24.4 Å². The minimum absolute atomic E-state index is 0.130. The summed E-state index contributed by atoms with van der Waals surface area (Å²) < 4.78 is 0. The Bertz CT molecular complexity index is 367. The van der Waals surface area contributed by atoms with Crippen molar-refractivity contribution in [3.63, 3.8) is 0 Å². The first-order valence-electron chi connectivity index (χ1n) is 6.11. The van der Waals surface area contributed by atoms with Crippen molar-refractivity contribution in [2.75, 3.05) is 13.2 Å². The van der Waals surface area contributed by atoms with E-state index in [1.165, 1.54) is 0 Å². The number of nitrogens with one attached hydrogen (secondary N) is 1. The van der Waals surface area contributed by atoms with Crippen LogP contribution in [0.25, 0.3) is 0 Å². The summed E-state index contributed by atoms with van der Waals surface area (Å²) >= 11 is 0. The molecule has 4 nitrogen and oxygen atoms in total. The van der Waals surface area contributed by atoms with Crippen molar-refractivity contribution in [2.24, 2.45) is 11.8 Å².